The number of halogens is 1. The van der Waals surface area contributed by atoms with Gasteiger partial charge in [-0.25, -0.2) is 18.4 Å². The van der Waals surface area contributed by atoms with Crippen LogP contribution in [0.2, 0.25) is 5.02 Å². The molecule has 1 amide bonds. The van der Waals surface area contributed by atoms with E-state index in [1.54, 1.807) is 12.1 Å². The highest BCUT2D eigenvalue weighted by Gasteiger charge is 2.19. The van der Waals surface area contributed by atoms with Gasteiger partial charge in [0, 0.05) is 27.0 Å². The van der Waals surface area contributed by atoms with Gasteiger partial charge in [0.2, 0.25) is 5.91 Å². The number of hydrogen-bond acceptors (Lipinski definition) is 6. The number of benzene rings is 2. The normalized spacial score (nSPS) is 11.3. The molecule has 0 radical (unpaired) electrons. The largest absolute Gasteiger partial charge is 0.325 e. The van der Waals surface area contributed by atoms with E-state index < -0.39 is 21.5 Å². The molecule has 9 heteroatoms. The van der Waals surface area contributed by atoms with Crippen LogP contribution in [0.3, 0.4) is 0 Å². The molecule has 1 N–H and O–H groups in total. The van der Waals surface area contributed by atoms with Gasteiger partial charge in [0.05, 0.1) is 4.90 Å². The van der Waals surface area contributed by atoms with E-state index in [0.717, 1.165) is 16.3 Å². The van der Waals surface area contributed by atoms with Gasteiger partial charge in [-0.15, -0.1) is 0 Å². The van der Waals surface area contributed by atoms with Crippen LogP contribution < -0.4 is 5.32 Å². The molecule has 1 heterocycles. The molecule has 3 rings (SSSR count). The summed E-state index contributed by atoms with van der Waals surface area (Å²) < 4.78 is 24.7. The Balaban J connectivity index is 1.63. The summed E-state index contributed by atoms with van der Waals surface area (Å²) >= 11 is 7.18. The number of sulfone groups is 1. The number of hydrogen-bond donors (Lipinski definition) is 1. The summed E-state index contributed by atoms with van der Waals surface area (Å²) in [5.41, 5.74) is 2.29. The Morgan fingerprint density at radius 2 is 1.59 bits per heavy atom. The lowest BCUT2D eigenvalue weighted by Crippen LogP contribution is -2.23. The molecule has 0 fully saturated rings. The molecule has 0 aliphatic carbocycles. The zero-order valence-corrected chi connectivity index (χ0v) is 18.1. The van der Waals surface area contributed by atoms with Gasteiger partial charge in [0.15, 0.2) is 15.0 Å². The van der Waals surface area contributed by atoms with E-state index >= 15 is 0 Å². The molecule has 29 heavy (non-hydrogen) atoms. The fraction of sp³-hybridized carbons (Fsp3) is 0.150. The lowest BCUT2D eigenvalue weighted by Gasteiger charge is -2.08. The van der Waals surface area contributed by atoms with Crippen molar-refractivity contribution in [2.45, 2.75) is 28.8 Å². The van der Waals surface area contributed by atoms with Gasteiger partial charge >= 0.3 is 0 Å². The Morgan fingerprint density at radius 3 is 2.17 bits per heavy atom. The van der Waals surface area contributed by atoms with E-state index in [4.69, 9.17) is 11.6 Å². The van der Waals surface area contributed by atoms with Crippen molar-refractivity contribution in [3.05, 3.63) is 71.0 Å². The van der Waals surface area contributed by atoms with Crippen molar-refractivity contribution < 1.29 is 13.2 Å². The first-order valence-corrected chi connectivity index (χ1v) is 11.4. The summed E-state index contributed by atoms with van der Waals surface area (Å²) in [4.78, 5) is 21.9. The number of nitrogens with one attached hydrogen (secondary N) is 1. The Hall–Kier alpha value is -2.42. The SMILES string of the molecule is Cc1cc(C)nc(Sc2ccc(NC(=O)CS(=O)(=O)c3ccc(Cl)cc3)cc2)n1. The molecule has 150 valence electrons. The third-order valence-corrected chi connectivity index (χ3v) is 6.56. The average molecular weight is 448 g/mol. The summed E-state index contributed by atoms with van der Waals surface area (Å²) in [5.74, 6) is -1.26. The highest BCUT2D eigenvalue weighted by Crippen LogP contribution is 2.26. The van der Waals surface area contributed by atoms with E-state index in [-0.39, 0.29) is 4.90 Å². The molecule has 6 nitrogen and oxygen atoms in total. The standard InChI is InChI=1S/C20H18ClN3O3S2/c1-13-11-14(2)23-20(22-13)28-17-7-5-16(6-8-17)24-19(25)12-29(26,27)18-9-3-15(21)4-10-18/h3-11H,12H2,1-2H3,(H,24,25). The van der Waals surface area contributed by atoms with Crippen LogP contribution in [0.15, 0.2) is 69.5 Å². The fourth-order valence-corrected chi connectivity index (χ4v) is 4.67. The zero-order valence-electron chi connectivity index (χ0n) is 15.7. The van der Waals surface area contributed by atoms with E-state index in [1.165, 1.54) is 36.0 Å². The highest BCUT2D eigenvalue weighted by molar-refractivity contribution is 7.99. The zero-order chi connectivity index (χ0) is 21.0. The van der Waals surface area contributed by atoms with E-state index in [0.29, 0.717) is 15.9 Å². The van der Waals surface area contributed by atoms with Crippen LogP contribution in [-0.4, -0.2) is 30.0 Å². The lowest BCUT2D eigenvalue weighted by atomic mass is 10.3. The van der Waals surface area contributed by atoms with Crippen LogP contribution in [-0.2, 0) is 14.6 Å². The predicted octanol–water partition coefficient (Wildman–Crippen LogP) is 4.31. The second kappa shape index (κ2) is 8.94. The van der Waals surface area contributed by atoms with Crippen LogP contribution in [0.1, 0.15) is 11.4 Å². The van der Waals surface area contributed by atoms with Gasteiger partial charge in [-0.1, -0.05) is 11.6 Å². The van der Waals surface area contributed by atoms with Gasteiger partial charge in [-0.05, 0) is 80.2 Å². The number of nitrogens with zero attached hydrogens (tertiary/aromatic N) is 2. The molecule has 0 aliphatic rings. The number of aryl methyl sites for hydroxylation is 2. The molecule has 0 aliphatic heterocycles. The van der Waals surface area contributed by atoms with Gasteiger partial charge < -0.3 is 5.32 Å². The van der Waals surface area contributed by atoms with Gasteiger partial charge in [-0.2, -0.15) is 0 Å². The molecular formula is C20H18ClN3O3S2. The monoisotopic (exact) mass is 447 g/mol. The molecule has 0 saturated heterocycles. The van der Waals surface area contributed by atoms with E-state index in [9.17, 15) is 13.2 Å². The van der Waals surface area contributed by atoms with Crippen molar-refractivity contribution in [3.8, 4) is 0 Å². The van der Waals surface area contributed by atoms with Gasteiger partial charge in [-0.3, -0.25) is 4.79 Å². The quantitative estimate of drug-likeness (QED) is 0.566. The molecule has 0 spiro atoms. The molecule has 0 unspecified atom stereocenters. The van der Waals surface area contributed by atoms with Crippen LogP contribution in [0, 0.1) is 13.8 Å². The summed E-state index contributed by atoms with van der Waals surface area (Å²) in [6.45, 7) is 3.82. The summed E-state index contributed by atoms with van der Waals surface area (Å²) in [6, 6.07) is 14.7. The van der Waals surface area contributed by atoms with Crippen LogP contribution >= 0.6 is 23.4 Å². The average Bonchev–Trinajstić information content (AvgIpc) is 2.62. The number of amides is 1. The topological polar surface area (TPSA) is 89.0 Å². The summed E-state index contributed by atoms with van der Waals surface area (Å²) in [6.07, 6.45) is 0. The first kappa shape index (κ1) is 21.3. The Bertz CT molecular complexity index is 1110. The van der Waals surface area contributed by atoms with Crippen molar-refractivity contribution in [1.82, 2.24) is 9.97 Å². The molecule has 0 atom stereocenters. The third-order valence-electron chi connectivity index (χ3n) is 3.80. The van der Waals surface area contributed by atoms with E-state index in [2.05, 4.69) is 15.3 Å². The Labute approximate surface area is 178 Å². The minimum absolute atomic E-state index is 0.0530. The third kappa shape index (κ3) is 6.03. The number of rotatable bonds is 6. The summed E-state index contributed by atoms with van der Waals surface area (Å²) in [7, 11) is -3.74. The maximum absolute atomic E-state index is 12.3. The molecule has 0 saturated carbocycles. The second-order valence-electron chi connectivity index (χ2n) is 6.32. The predicted molar refractivity (Wildman–Crippen MR) is 114 cm³/mol. The smallest absolute Gasteiger partial charge is 0.239 e. The molecule has 0 bridgehead atoms. The molecule has 3 aromatic rings. The number of carbonyl (C=O) groups excluding carboxylic acids is 1. The summed E-state index contributed by atoms with van der Waals surface area (Å²) in [5, 5.41) is 3.68. The van der Waals surface area contributed by atoms with Crippen LogP contribution in [0.25, 0.3) is 0 Å². The number of aromatic nitrogens is 2. The molecule has 2 aromatic carbocycles. The second-order valence-corrected chi connectivity index (χ2v) is 9.79. The van der Waals surface area contributed by atoms with Crippen LogP contribution in [0.5, 0.6) is 0 Å². The Morgan fingerprint density at radius 1 is 1.00 bits per heavy atom. The number of carbonyl (C=O) groups is 1. The maximum Gasteiger partial charge on any atom is 0.239 e. The molecule has 1 aromatic heterocycles. The molecular weight excluding hydrogens is 430 g/mol. The highest BCUT2D eigenvalue weighted by atomic mass is 35.5. The number of anilines is 1. The minimum Gasteiger partial charge on any atom is -0.325 e. The van der Waals surface area contributed by atoms with Crippen LogP contribution in [0.4, 0.5) is 5.69 Å². The lowest BCUT2D eigenvalue weighted by molar-refractivity contribution is -0.113. The fourth-order valence-electron chi connectivity index (χ4n) is 2.55. The van der Waals surface area contributed by atoms with Crippen molar-refractivity contribution in [3.63, 3.8) is 0 Å². The maximum atomic E-state index is 12.3. The van der Waals surface area contributed by atoms with Gasteiger partial charge in [0.25, 0.3) is 0 Å². The van der Waals surface area contributed by atoms with Gasteiger partial charge in [0.1, 0.15) is 5.75 Å². The van der Waals surface area contributed by atoms with Crippen molar-refractivity contribution in [1.29, 1.82) is 0 Å². The first-order chi connectivity index (χ1) is 13.7. The minimum atomic E-state index is -3.74. The Kier molecular flexibility index (Phi) is 6.56. The van der Waals surface area contributed by atoms with E-state index in [1.807, 2.05) is 32.0 Å². The van der Waals surface area contributed by atoms with Crippen molar-refractivity contribution in [2.75, 3.05) is 11.1 Å². The van der Waals surface area contributed by atoms with Crippen molar-refractivity contribution in [2.24, 2.45) is 0 Å². The van der Waals surface area contributed by atoms with Crippen molar-refractivity contribution >= 4 is 44.8 Å². The first-order valence-electron chi connectivity index (χ1n) is 8.60.